The molecule has 30 heavy (non-hydrogen) atoms. The first-order chi connectivity index (χ1) is 14.6. The maximum Gasteiger partial charge on any atom is 0.327 e. The van der Waals surface area contributed by atoms with E-state index in [9.17, 15) is 9.59 Å². The molecule has 5 heteroatoms. The number of carboxylic acid groups (broad SMARTS) is 1. The average molecular weight is 440 g/mol. The van der Waals surface area contributed by atoms with Crippen LogP contribution in [-0.2, 0) is 9.59 Å². The molecule has 0 rings (SSSR count). The van der Waals surface area contributed by atoms with Gasteiger partial charge in [0, 0.05) is 12.2 Å². The maximum absolute atomic E-state index is 11.7. The Labute approximate surface area is 190 Å². The number of hydrogen-bond donors (Lipinski definition) is 3. The highest BCUT2D eigenvalue weighted by molar-refractivity contribution is 7.80. The monoisotopic (exact) mass is 439 g/mol. The zero-order valence-electron chi connectivity index (χ0n) is 19.1. The number of hydrogen-bond acceptors (Lipinski definition) is 3. The molecule has 0 aliphatic rings. The fraction of sp³-hybridized carbons (Fsp3) is 0.760. The van der Waals surface area contributed by atoms with Crippen molar-refractivity contribution in [3.05, 3.63) is 24.3 Å². The van der Waals surface area contributed by atoms with Crippen molar-refractivity contribution in [1.82, 2.24) is 5.32 Å². The molecule has 0 aliphatic carbocycles. The molecule has 0 bridgehead atoms. The summed E-state index contributed by atoms with van der Waals surface area (Å²) in [4.78, 5) is 22.5. The molecule has 0 aliphatic heterocycles. The van der Waals surface area contributed by atoms with Crippen molar-refractivity contribution in [1.29, 1.82) is 0 Å². The second kappa shape index (κ2) is 22.5. The lowest BCUT2D eigenvalue weighted by molar-refractivity contribution is -0.141. The van der Waals surface area contributed by atoms with E-state index in [0.29, 0.717) is 6.42 Å². The van der Waals surface area contributed by atoms with E-state index in [0.717, 1.165) is 25.7 Å². The van der Waals surface area contributed by atoms with Crippen LogP contribution in [0.4, 0.5) is 0 Å². The molecule has 0 heterocycles. The van der Waals surface area contributed by atoms with Crippen LogP contribution in [0, 0.1) is 0 Å². The normalized spacial score (nSPS) is 12.6. The lowest BCUT2D eigenvalue weighted by Gasteiger charge is -2.11. The number of thiol groups is 1. The van der Waals surface area contributed by atoms with Crippen LogP contribution in [0.25, 0.3) is 0 Å². The van der Waals surface area contributed by atoms with Gasteiger partial charge in [0.1, 0.15) is 6.04 Å². The quantitative estimate of drug-likeness (QED) is 0.104. The lowest BCUT2D eigenvalue weighted by atomic mass is 10.1. The van der Waals surface area contributed by atoms with Crippen LogP contribution in [-0.4, -0.2) is 28.8 Å². The van der Waals surface area contributed by atoms with Gasteiger partial charge in [-0.2, -0.15) is 12.6 Å². The second-order valence-electron chi connectivity index (χ2n) is 8.04. The van der Waals surface area contributed by atoms with E-state index in [-0.39, 0.29) is 11.7 Å². The third-order valence-corrected chi connectivity index (χ3v) is 5.54. The molecular weight excluding hydrogens is 394 g/mol. The summed E-state index contributed by atoms with van der Waals surface area (Å²) in [7, 11) is 0. The molecule has 0 radical (unpaired) electrons. The molecule has 0 fully saturated rings. The number of carboxylic acids is 1. The van der Waals surface area contributed by atoms with E-state index in [1.165, 1.54) is 70.6 Å². The van der Waals surface area contributed by atoms with Gasteiger partial charge in [0.05, 0.1) is 0 Å². The summed E-state index contributed by atoms with van der Waals surface area (Å²) in [6, 6.07) is -0.881. The highest BCUT2D eigenvalue weighted by Crippen LogP contribution is 2.12. The largest absolute Gasteiger partial charge is 0.480 e. The summed E-state index contributed by atoms with van der Waals surface area (Å²) in [6.45, 7) is 2.24. The Morgan fingerprint density at radius 2 is 1.30 bits per heavy atom. The first-order valence-electron chi connectivity index (χ1n) is 12.0. The Kier molecular flexibility index (Phi) is 21.5. The van der Waals surface area contributed by atoms with Gasteiger partial charge in [0.25, 0.3) is 0 Å². The summed E-state index contributed by atoms with van der Waals surface area (Å²) in [6.07, 6.45) is 27.8. The fourth-order valence-corrected chi connectivity index (χ4v) is 3.50. The number of allylic oxidation sites excluding steroid dienone is 4. The average Bonchev–Trinajstić information content (AvgIpc) is 2.73. The van der Waals surface area contributed by atoms with Gasteiger partial charge in [-0.25, -0.2) is 4.79 Å². The number of unbranched alkanes of at least 4 members (excludes halogenated alkanes) is 12. The molecule has 1 amide bonds. The van der Waals surface area contributed by atoms with Gasteiger partial charge in [0.2, 0.25) is 5.91 Å². The van der Waals surface area contributed by atoms with Gasteiger partial charge in [-0.15, -0.1) is 0 Å². The van der Waals surface area contributed by atoms with Crippen LogP contribution in [0.5, 0.6) is 0 Å². The van der Waals surface area contributed by atoms with Crippen molar-refractivity contribution in [2.75, 3.05) is 5.75 Å². The summed E-state index contributed by atoms with van der Waals surface area (Å²) in [5.41, 5.74) is 0. The van der Waals surface area contributed by atoms with Gasteiger partial charge >= 0.3 is 5.97 Å². The third-order valence-electron chi connectivity index (χ3n) is 5.17. The van der Waals surface area contributed by atoms with E-state index in [2.05, 4.69) is 49.2 Å². The van der Waals surface area contributed by atoms with Gasteiger partial charge in [-0.1, -0.05) is 89.0 Å². The van der Waals surface area contributed by atoms with Crippen molar-refractivity contribution >= 4 is 24.5 Å². The molecule has 2 N–H and O–H groups in total. The molecule has 0 unspecified atom stereocenters. The van der Waals surface area contributed by atoms with Crippen molar-refractivity contribution < 1.29 is 14.7 Å². The summed E-state index contributed by atoms with van der Waals surface area (Å²) in [5.74, 6) is -1.10. The van der Waals surface area contributed by atoms with E-state index in [4.69, 9.17) is 5.11 Å². The number of carbonyl (C=O) groups excluding carboxylic acids is 1. The first kappa shape index (κ1) is 28.8. The first-order valence-corrected chi connectivity index (χ1v) is 12.7. The smallest absolute Gasteiger partial charge is 0.327 e. The molecule has 0 saturated carbocycles. The third kappa shape index (κ3) is 20.1. The molecule has 174 valence electrons. The molecule has 0 spiro atoms. The second-order valence-corrected chi connectivity index (χ2v) is 8.40. The van der Waals surface area contributed by atoms with Crippen molar-refractivity contribution in [2.24, 2.45) is 0 Å². The number of rotatable bonds is 21. The zero-order valence-corrected chi connectivity index (χ0v) is 20.0. The minimum Gasteiger partial charge on any atom is -0.480 e. The Bertz CT molecular complexity index is 477. The Morgan fingerprint density at radius 3 is 1.80 bits per heavy atom. The number of aliphatic carboxylic acids is 1. The van der Waals surface area contributed by atoms with E-state index in [1.807, 2.05) is 0 Å². The Balaban J connectivity index is 3.34. The highest BCUT2D eigenvalue weighted by Gasteiger charge is 2.17. The summed E-state index contributed by atoms with van der Waals surface area (Å²) >= 11 is 3.94. The highest BCUT2D eigenvalue weighted by atomic mass is 32.1. The van der Waals surface area contributed by atoms with Gasteiger partial charge in [-0.3, -0.25) is 4.79 Å². The molecule has 4 nitrogen and oxygen atoms in total. The van der Waals surface area contributed by atoms with Crippen LogP contribution in [0.15, 0.2) is 24.3 Å². The van der Waals surface area contributed by atoms with Crippen LogP contribution in [0.1, 0.15) is 110 Å². The molecule has 0 aromatic heterocycles. The summed E-state index contributed by atoms with van der Waals surface area (Å²) in [5, 5.41) is 11.4. The van der Waals surface area contributed by atoms with Crippen LogP contribution in [0.3, 0.4) is 0 Å². The van der Waals surface area contributed by atoms with Crippen molar-refractivity contribution in [3.63, 3.8) is 0 Å². The van der Waals surface area contributed by atoms with E-state index in [1.54, 1.807) is 0 Å². The SMILES string of the molecule is CCCCC/C=C\C/C=C\CCCCCCCCCCCC(=O)N[C@@H](CS)C(=O)O. The number of carbonyl (C=O) groups is 2. The minimum atomic E-state index is -1.03. The van der Waals surface area contributed by atoms with Crippen molar-refractivity contribution in [2.45, 2.75) is 116 Å². The van der Waals surface area contributed by atoms with Crippen LogP contribution >= 0.6 is 12.6 Å². The number of amides is 1. The van der Waals surface area contributed by atoms with Gasteiger partial charge in [-0.05, 0) is 38.5 Å². The van der Waals surface area contributed by atoms with E-state index >= 15 is 0 Å². The minimum absolute atomic E-state index is 0.119. The number of nitrogens with one attached hydrogen (secondary N) is 1. The van der Waals surface area contributed by atoms with Crippen molar-refractivity contribution in [3.8, 4) is 0 Å². The Morgan fingerprint density at radius 1 is 0.800 bits per heavy atom. The standard InChI is InChI=1S/C25H45NO3S/c1-2-3-4-5-6-7-8-9-10-11-12-13-14-15-16-17-18-19-20-21-24(27)26-23(22-30)25(28)29/h6-7,9-10,23,30H,2-5,8,11-22H2,1H3,(H,26,27)(H,28,29)/b7-6-,10-9-/t23-/m0/s1. The molecule has 0 aromatic rings. The molecular formula is C25H45NO3S. The predicted molar refractivity (Wildman–Crippen MR) is 131 cm³/mol. The zero-order chi connectivity index (χ0) is 22.3. The Hall–Kier alpha value is -1.23. The molecule has 1 atom stereocenters. The fourth-order valence-electron chi connectivity index (χ4n) is 3.26. The van der Waals surface area contributed by atoms with Crippen LogP contribution in [0.2, 0.25) is 0 Å². The maximum atomic E-state index is 11.7. The van der Waals surface area contributed by atoms with E-state index < -0.39 is 12.0 Å². The molecule has 0 saturated heterocycles. The lowest BCUT2D eigenvalue weighted by Crippen LogP contribution is -2.42. The topological polar surface area (TPSA) is 66.4 Å². The predicted octanol–water partition coefficient (Wildman–Crippen LogP) is 6.86. The van der Waals surface area contributed by atoms with Gasteiger partial charge < -0.3 is 10.4 Å². The molecule has 0 aromatic carbocycles. The van der Waals surface area contributed by atoms with Gasteiger partial charge in [0.15, 0.2) is 0 Å². The van der Waals surface area contributed by atoms with Crippen LogP contribution < -0.4 is 5.32 Å². The summed E-state index contributed by atoms with van der Waals surface area (Å²) < 4.78 is 0.